The molecule has 1 aromatic carbocycles. The normalized spacial score (nSPS) is 27.9. The van der Waals surface area contributed by atoms with Gasteiger partial charge in [0.25, 0.3) is 0 Å². The highest BCUT2D eigenvalue weighted by atomic mass is 16.5. The molecule has 0 amide bonds. The van der Waals surface area contributed by atoms with Crippen molar-refractivity contribution in [2.24, 2.45) is 17.3 Å². The molecule has 0 radical (unpaired) electrons. The van der Waals surface area contributed by atoms with Crippen LogP contribution in [0.5, 0.6) is 5.75 Å². The van der Waals surface area contributed by atoms with Crippen molar-refractivity contribution in [1.82, 2.24) is 0 Å². The molecule has 1 aromatic rings. The van der Waals surface area contributed by atoms with Crippen LogP contribution in [0, 0.1) is 56.7 Å². The van der Waals surface area contributed by atoms with Gasteiger partial charge in [0, 0.05) is 11.8 Å². The Morgan fingerprint density at radius 2 is 1.96 bits per heavy atom. The fraction of sp³-hybridized carbons (Fsp3) is 0.364. The van der Waals surface area contributed by atoms with Gasteiger partial charge in [0.15, 0.2) is 5.41 Å². The molecule has 0 saturated heterocycles. The number of nitrogens with one attached hydrogen (secondary N) is 2. The van der Waals surface area contributed by atoms with Gasteiger partial charge in [-0.05, 0) is 29.3 Å². The minimum Gasteiger partial charge on any atom is -0.490 e. The third-order valence-corrected chi connectivity index (χ3v) is 5.69. The highest BCUT2D eigenvalue weighted by molar-refractivity contribution is 6.00. The molecule has 1 fully saturated rings. The van der Waals surface area contributed by atoms with Crippen LogP contribution in [0.25, 0.3) is 0 Å². The fourth-order valence-electron chi connectivity index (χ4n) is 4.36. The maximum Gasteiger partial charge on any atom is 0.189 e. The van der Waals surface area contributed by atoms with Crippen LogP contribution in [0.1, 0.15) is 11.5 Å². The molecule has 1 aliphatic heterocycles. The van der Waals surface area contributed by atoms with E-state index in [1.165, 1.54) is 4.90 Å². The third-order valence-electron chi connectivity index (χ3n) is 5.69. The number of hydrogen-bond donors (Lipinski definition) is 2. The van der Waals surface area contributed by atoms with Gasteiger partial charge in [-0.3, -0.25) is 0 Å². The second-order valence-corrected chi connectivity index (χ2v) is 7.33. The topological polar surface area (TPSA) is 109 Å². The number of benzene rings is 1. The molecule has 0 spiro atoms. The number of rotatable bonds is 4. The van der Waals surface area contributed by atoms with E-state index in [1.807, 2.05) is 18.2 Å². The van der Waals surface area contributed by atoms with Crippen molar-refractivity contribution in [2.45, 2.75) is 5.92 Å². The molecule has 3 rings (SSSR count). The number of quaternary nitrogens is 1. The lowest BCUT2D eigenvalue weighted by atomic mass is 9.54. The Bertz CT molecular complexity index is 927. The van der Waals surface area contributed by atoms with Crippen LogP contribution in [0.4, 0.5) is 0 Å². The maximum absolute atomic E-state index is 10.00. The molecule has 2 N–H and O–H groups in total. The van der Waals surface area contributed by atoms with Gasteiger partial charge in [-0.25, -0.2) is 0 Å². The van der Waals surface area contributed by atoms with Crippen molar-refractivity contribution in [1.29, 1.82) is 21.2 Å². The smallest absolute Gasteiger partial charge is 0.189 e. The average molecular weight is 372 g/mol. The van der Waals surface area contributed by atoms with E-state index >= 15 is 0 Å². The monoisotopic (exact) mass is 372 g/mol. The van der Waals surface area contributed by atoms with E-state index < -0.39 is 17.3 Å². The van der Waals surface area contributed by atoms with E-state index in [4.69, 9.17) is 10.1 Å². The van der Waals surface area contributed by atoms with Crippen LogP contribution in [-0.2, 0) is 0 Å². The van der Waals surface area contributed by atoms with Gasteiger partial charge < -0.3 is 15.0 Å². The lowest BCUT2D eigenvalue weighted by molar-refractivity contribution is -0.878. The summed E-state index contributed by atoms with van der Waals surface area (Å²) in [6, 6.07) is 13.7. The SMILES string of the molecule is C=CCOc1ccc([C@H]2[C@@H]3C[NH+](C)CC=C3C(C#N)C(=N)C2(C#N)C#N)cc1. The molecule has 140 valence electrons. The quantitative estimate of drug-likeness (QED) is 0.783. The summed E-state index contributed by atoms with van der Waals surface area (Å²) in [7, 11) is 2.05. The zero-order valence-electron chi connectivity index (χ0n) is 15.8. The zero-order valence-corrected chi connectivity index (χ0v) is 15.8. The van der Waals surface area contributed by atoms with Crippen molar-refractivity contribution < 1.29 is 9.64 Å². The molecule has 1 heterocycles. The molecule has 6 heteroatoms. The Morgan fingerprint density at radius 1 is 1.29 bits per heavy atom. The molecule has 4 atom stereocenters. The van der Waals surface area contributed by atoms with Gasteiger partial charge in [0.1, 0.15) is 18.3 Å². The summed E-state index contributed by atoms with van der Waals surface area (Å²) < 4.78 is 5.53. The molecule has 1 aliphatic carbocycles. The van der Waals surface area contributed by atoms with Gasteiger partial charge in [-0.2, -0.15) is 15.8 Å². The highest BCUT2D eigenvalue weighted by Crippen LogP contribution is 2.52. The first kappa shape index (κ1) is 19.4. The standard InChI is InChI=1S/C22H21N5O/c1-3-10-28-16-6-4-15(5-7-16)20-19-12-27(2)9-8-17(19)18(11-23)21(26)22(20,13-24)14-25/h3-8,18-20,26H,1,9-10,12H2,2H3/p+1/t18?,19-,20+/m1/s1. The van der Waals surface area contributed by atoms with Crippen LogP contribution in [0.3, 0.4) is 0 Å². The first-order valence-corrected chi connectivity index (χ1v) is 9.18. The van der Waals surface area contributed by atoms with Crippen LogP contribution in [-0.4, -0.2) is 32.5 Å². The largest absolute Gasteiger partial charge is 0.490 e. The van der Waals surface area contributed by atoms with Crippen molar-refractivity contribution in [3.8, 4) is 24.0 Å². The van der Waals surface area contributed by atoms with Crippen LogP contribution < -0.4 is 9.64 Å². The summed E-state index contributed by atoms with van der Waals surface area (Å²) >= 11 is 0. The first-order valence-electron chi connectivity index (χ1n) is 9.18. The van der Waals surface area contributed by atoms with Crippen LogP contribution >= 0.6 is 0 Å². The summed E-state index contributed by atoms with van der Waals surface area (Å²) in [4.78, 5) is 1.25. The maximum atomic E-state index is 10.00. The number of ether oxygens (including phenoxy) is 1. The third kappa shape index (κ3) is 2.97. The van der Waals surface area contributed by atoms with Gasteiger partial charge in [0.05, 0.1) is 44.1 Å². The molecule has 28 heavy (non-hydrogen) atoms. The summed E-state index contributed by atoms with van der Waals surface area (Å²) in [6.07, 6.45) is 3.67. The average Bonchev–Trinajstić information content (AvgIpc) is 2.72. The van der Waals surface area contributed by atoms with Gasteiger partial charge in [-0.15, -0.1) is 0 Å². The van der Waals surface area contributed by atoms with E-state index in [1.54, 1.807) is 18.2 Å². The van der Waals surface area contributed by atoms with E-state index in [9.17, 15) is 15.8 Å². The molecule has 0 aromatic heterocycles. The summed E-state index contributed by atoms with van der Waals surface area (Å²) in [6.45, 7) is 5.50. The van der Waals surface area contributed by atoms with Gasteiger partial charge in [0.2, 0.25) is 0 Å². The second kappa shape index (κ2) is 7.69. The van der Waals surface area contributed by atoms with E-state index in [0.717, 1.165) is 17.7 Å². The van der Waals surface area contributed by atoms with E-state index in [-0.39, 0.29) is 11.6 Å². The fourth-order valence-corrected chi connectivity index (χ4v) is 4.36. The molecular weight excluding hydrogens is 350 g/mol. The lowest BCUT2D eigenvalue weighted by Gasteiger charge is -2.46. The summed E-state index contributed by atoms with van der Waals surface area (Å²) in [5, 5.41) is 38.3. The molecule has 0 bridgehead atoms. The van der Waals surface area contributed by atoms with Crippen molar-refractivity contribution in [3.05, 3.63) is 54.1 Å². The molecule has 2 aliphatic rings. The Balaban J connectivity index is 2.13. The number of likely N-dealkylation sites (N-methyl/N-ethyl adjacent to an activating group) is 1. The van der Waals surface area contributed by atoms with Gasteiger partial charge in [-0.1, -0.05) is 24.8 Å². The van der Waals surface area contributed by atoms with Crippen molar-refractivity contribution >= 4 is 5.71 Å². The molecule has 1 saturated carbocycles. The first-order chi connectivity index (χ1) is 13.5. The predicted molar refractivity (Wildman–Crippen MR) is 104 cm³/mol. The van der Waals surface area contributed by atoms with E-state index in [0.29, 0.717) is 18.9 Å². The summed E-state index contributed by atoms with van der Waals surface area (Å²) in [5.41, 5.74) is -0.0974. The molecule has 6 nitrogen and oxygen atoms in total. The van der Waals surface area contributed by atoms with Crippen molar-refractivity contribution in [2.75, 3.05) is 26.7 Å². The Labute approximate surface area is 165 Å². The van der Waals surface area contributed by atoms with Gasteiger partial charge >= 0.3 is 0 Å². The Kier molecular flexibility index (Phi) is 5.32. The Hall–Kier alpha value is -3.40. The molecule has 2 unspecified atom stereocenters. The second-order valence-electron chi connectivity index (χ2n) is 7.33. The number of fused-ring (bicyclic) bond motifs is 1. The lowest BCUT2D eigenvalue weighted by Crippen LogP contribution is -3.10. The minimum absolute atomic E-state index is 0.112. The van der Waals surface area contributed by atoms with Crippen molar-refractivity contribution in [3.63, 3.8) is 0 Å². The number of nitriles is 3. The van der Waals surface area contributed by atoms with Crippen LogP contribution in [0.2, 0.25) is 0 Å². The number of nitrogens with zero attached hydrogens (tertiary/aromatic N) is 3. The van der Waals surface area contributed by atoms with Crippen LogP contribution in [0.15, 0.2) is 48.6 Å². The predicted octanol–water partition coefficient (Wildman–Crippen LogP) is 1.61. The minimum atomic E-state index is -1.66. The zero-order chi connectivity index (χ0) is 20.3. The highest BCUT2D eigenvalue weighted by Gasteiger charge is 2.58. The molecular formula is C22H22N5O+. The Morgan fingerprint density at radius 3 is 2.54 bits per heavy atom. The number of hydrogen-bond acceptors (Lipinski definition) is 5. The van der Waals surface area contributed by atoms with E-state index in [2.05, 4.69) is 31.8 Å². The summed E-state index contributed by atoms with van der Waals surface area (Å²) in [5.74, 6) is -0.795.